The van der Waals surface area contributed by atoms with Crippen LogP contribution < -0.4 is 0 Å². The first-order chi connectivity index (χ1) is 8.00. The number of hydrogen-bond donors (Lipinski definition) is 1. The van der Waals surface area contributed by atoms with Gasteiger partial charge in [-0.3, -0.25) is 4.90 Å². The number of aryl methyl sites for hydroxylation is 1. The van der Waals surface area contributed by atoms with Gasteiger partial charge < -0.3 is 9.84 Å². The largest absolute Gasteiger partial charge is 0.394 e. The van der Waals surface area contributed by atoms with Crippen molar-refractivity contribution in [3.8, 4) is 0 Å². The van der Waals surface area contributed by atoms with Crippen molar-refractivity contribution in [2.24, 2.45) is 0 Å². The molecule has 96 valence electrons. The Morgan fingerprint density at radius 3 is 2.82 bits per heavy atom. The minimum absolute atomic E-state index is 0.0377. The standard InChI is InChI=1S/C11H19N3O3/c1-8-10(13-17-12-8)5-14-4-9(6-15)16-11(2,3)7-14/h9,15H,4-7H2,1-3H3. The van der Waals surface area contributed by atoms with E-state index in [1.165, 1.54) is 0 Å². The number of morpholine rings is 1. The van der Waals surface area contributed by atoms with E-state index in [4.69, 9.17) is 4.74 Å². The van der Waals surface area contributed by atoms with E-state index in [-0.39, 0.29) is 18.3 Å². The van der Waals surface area contributed by atoms with Crippen molar-refractivity contribution in [1.82, 2.24) is 15.2 Å². The van der Waals surface area contributed by atoms with Crippen LogP contribution in [0.5, 0.6) is 0 Å². The molecule has 0 saturated carbocycles. The monoisotopic (exact) mass is 241 g/mol. The predicted molar refractivity (Wildman–Crippen MR) is 60.3 cm³/mol. The molecule has 0 aromatic carbocycles. The van der Waals surface area contributed by atoms with Crippen molar-refractivity contribution in [3.05, 3.63) is 11.4 Å². The Bertz CT molecular complexity index is 378. The van der Waals surface area contributed by atoms with Crippen LogP contribution in [0.3, 0.4) is 0 Å². The second-order valence-corrected chi connectivity index (χ2v) is 5.15. The molecule has 1 N–H and O–H groups in total. The molecule has 0 bridgehead atoms. The van der Waals surface area contributed by atoms with Crippen LogP contribution in [-0.2, 0) is 11.3 Å². The molecule has 1 aromatic rings. The Balaban J connectivity index is 2.03. The molecule has 0 amide bonds. The average molecular weight is 241 g/mol. The highest BCUT2D eigenvalue weighted by Gasteiger charge is 2.33. The molecule has 0 radical (unpaired) electrons. The lowest BCUT2D eigenvalue weighted by Crippen LogP contribution is -2.53. The summed E-state index contributed by atoms with van der Waals surface area (Å²) in [7, 11) is 0. The van der Waals surface area contributed by atoms with E-state index >= 15 is 0 Å². The van der Waals surface area contributed by atoms with Gasteiger partial charge in [0.2, 0.25) is 0 Å². The summed E-state index contributed by atoms with van der Waals surface area (Å²) in [5.41, 5.74) is 1.41. The minimum atomic E-state index is -0.253. The van der Waals surface area contributed by atoms with Gasteiger partial charge in [-0.1, -0.05) is 10.3 Å². The predicted octanol–water partition coefficient (Wildman–Crippen LogP) is 0.350. The van der Waals surface area contributed by atoms with Crippen LogP contribution in [0.2, 0.25) is 0 Å². The molecule has 0 aliphatic carbocycles. The summed E-state index contributed by atoms with van der Waals surface area (Å²) in [6, 6.07) is 0. The summed E-state index contributed by atoms with van der Waals surface area (Å²) < 4.78 is 10.4. The summed E-state index contributed by atoms with van der Waals surface area (Å²) in [6.07, 6.45) is -0.140. The molecule has 1 unspecified atom stereocenters. The van der Waals surface area contributed by atoms with Gasteiger partial charge in [-0.15, -0.1) is 0 Å². The van der Waals surface area contributed by atoms with Crippen LogP contribution in [-0.4, -0.2) is 51.7 Å². The van der Waals surface area contributed by atoms with Crippen molar-refractivity contribution in [3.63, 3.8) is 0 Å². The molecule has 0 spiro atoms. The fourth-order valence-electron chi connectivity index (χ4n) is 2.24. The van der Waals surface area contributed by atoms with E-state index in [2.05, 4.69) is 19.8 Å². The number of nitrogens with zero attached hydrogens (tertiary/aromatic N) is 3. The van der Waals surface area contributed by atoms with Crippen LogP contribution in [0.15, 0.2) is 4.63 Å². The minimum Gasteiger partial charge on any atom is -0.394 e. The summed E-state index contributed by atoms with van der Waals surface area (Å²) >= 11 is 0. The molecule has 17 heavy (non-hydrogen) atoms. The molecular formula is C11H19N3O3. The third-order valence-electron chi connectivity index (χ3n) is 2.88. The maximum Gasteiger partial charge on any atom is 0.122 e. The maximum atomic E-state index is 9.22. The number of hydrogen-bond acceptors (Lipinski definition) is 6. The third kappa shape index (κ3) is 3.02. The fourth-order valence-corrected chi connectivity index (χ4v) is 2.24. The van der Waals surface area contributed by atoms with Crippen LogP contribution in [0.1, 0.15) is 25.2 Å². The Kier molecular flexibility index (Phi) is 3.46. The van der Waals surface area contributed by atoms with Gasteiger partial charge >= 0.3 is 0 Å². The number of aliphatic hydroxyl groups excluding tert-OH is 1. The molecule has 1 fully saturated rings. The van der Waals surface area contributed by atoms with Crippen LogP contribution in [0.4, 0.5) is 0 Å². The Labute approximate surface area is 101 Å². The number of aromatic nitrogens is 2. The topological polar surface area (TPSA) is 71.6 Å². The molecule has 1 aromatic heterocycles. The molecule has 1 aliphatic rings. The van der Waals surface area contributed by atoms with Gasteiger partial charge in [0.1, 0.15) is 11.4 Å². The highest BCUT2D eigenvalue weighted by Crippen LogP contribution is 2.22. The zero-order chi connectivity index (χ0) is 12.5. The Hall–Kier alpha value is -0.980. The van der Waals surface area contributed by atoms with Crippen molar-refractivity contribution < 1.29 is 14.5 Å². The summed E-state index contributed by atoms with van der Waals surface area (Å²) in [6.45, 7) is 8.14. The zero-order valence-electron chi connectivity index (χ0n) is 10.5. The van der Waals surface area contributed by atoms with E-state index in [0.717, 1.165) is 17.9 Å². The fraction of sp³-hybridized carbons (Fsp3) is 0.818. The summed E-state index contributed by atoms with van der Waals surface area (Å²) in [5.74, 6) is 0. The van der Waals surface area contributed by atoms with E-state index in [0.29, 0.717) is 13.1 Å². The summed E-state index contributed by atoms with van der Waals surface area (Å²) in [4.78, 5) is 2.21. The van der Waals surface area contributed by atoms with Gasteiger partial charge in [0.15, 0.2) is 0 Å². The van der Waals surface area contributed by atoms with Gasteiger partial charge in [0.05, 0.1) is 18.3 Å². The smallest absolute Gasteiger partial charge is 0.122 e. The second-order valence-electron chi connectivity index (χ2n) is 5.15. The van der Waals surface area contributed by atoms with E-state index in [1.54, 1.807) is 0 Å². The van der Waals surface area contributed by atoms with Gasteiger partial charge in [-0.2, -0.15) is 0 Å². The SMILES string of the molecule is Cc1nonc1CN1CC(CO)OC(C)(C)C1. The number of rotatable bonds is 3. The lowest BCUT2D eigenvalue weighted by Gasteiger charge is -2.42. The Morgan fingerprint density at radius 2 is 2.24 bits per heavy atom. The molecule has 6 heteroatoms. The molecule has 6 nitrogen and oxygen atoms in total. The molecule has 1 atom stereocenters. The Morgan fingerprint density at radius 1 is 1.47 bits per heavy atom. The third-order valence-corrected chi connectivity index (χ3v) is 2.88. The molecular weight excluding hydrogens is 222 g/mol. The molecule has 1 aliphatic heterocycles. The van der Waals surface area contributed by atoms with Crippen LogP contribution in [0, 0.1) is 6.92 Å². The van der Waals surface area contributed by atoms with Gasteiger partial charge in [-0.25, -0.2) is 4.63 Å². The molecule has 2 rings (SSSR count). The van der Waals surface area contributed by atoms with E-state index in [9.17, 15) is 5.11 Å². The van der Waals surface area contributed by atoms with Crippen molar-refractivity contribution in [2.75, 3.05) is 19.7 Å². The maximum absolute atomic E-state index is 9.22. The van der Waals surface area contributed by atoms with Crippen molar-refractivity contribution in [1.29, 1.82) is 0 Å². The lowest BCUT2D eigenvalue weighted by molar-refractivity contribution is -0.151. The van der Waals surface area contributed by atoms with E-state index < -0.39 is 0 Å². The first-order valence-corrected chi connectivity index (χ1v) is 5.79. The summed E-state index contributed by atoms with van der Waals surface area (Å²) in [5, 5.41) is 16.9. The average Bonchev–Trinajstić information content (AvgIpc) is 2.62. The van der Waals surface area contributed by atoms with Crippen LogP contribution in [0.25, 0.3) is 0 Å². The van der Waals surface area contributed by atoms with Gasteiger partial charge in [-0.05, 0) is 20.8 Å². The second kappa shape index (κ2) is 4.72. The normalized spacial score (nSPS) is 25.1. The van der Waals surface area contributed by atoms with Crippen molar-refractivity contribution >= 4 is 0 Å². The highest BCUT2D eigenvalue weighted by atomic mass is 16.6. The quantitative estimate of drug-likeness (QED) is 0.823. The van der Waals surface area contributed by atoms with Crippen LogP contribution >= 0.6 is 0 Å². The highest BCUT2D eigenvalue weighted by molar-refractivity contribution is 5.05. The number of ether oxygens (including phenoxy) is 1. The van der Waals surface area contributed by atoms with Crippen molar-refractivity contribution in [2.45, 2.75) is 39.0 Å². The van der Waals surface area contributed by atoms with Gasteiger partial charge in [0.25, 0.3) is 0 Å². The molecule has 1 saturated heterocycles. The first-order valence-electron chi connectivity index (χ1n) is 5.79. The zero-order valence-corrected chi connectivity index (χ0v) is 10.5. The first kappa shape index (κ1) is 12.5. The number of aliphatic hydroxyl groups is 1. The van der Waals surface area contributed by atoms with Gasteiger partial charge in [0, 0.05) is 19.6 Å². The molecule has 2 heterocycles. The lowest BCUT2D eigenvalue weighted by atomic mass is 10.0. The van der Waals surface area contributed by atoms with E-state index in [1.807, 2.05) is 20.8 Å².